The summed E-state index contributed by atoms with van der Waals surface area (Å²) in [5.41, 5.74) is 7.96. The standard InChI is InChI=1S/C15H16N2O2/c1-11(18)17-15-8-7-13(16)9-12(15)10-19-14-5-3-2-4-6-14/h2-9H,10,16H2,1H3,(H,17,18). The third-order valence-electron chi connectivity index (χ3n) is 2.58. The number of nitrogens with one attached hydrogen (secondary N) is 1. The van der Waals surface area contributed by atoms with Crippen LogP contribution in [-0.2, 0) is 11.4 Å². The van der Waals surface area contributed by atoms with Crippen LogP contribution in [0, 0.1) is 0 Å². The van der Waals surface area contributed by atoms with Crippen molar-refractivity contribution in [3.8, 4) is 5.75 Å². The molecule has 0 fully saturated rings. The molecule has 0 aliphatic heterocycles. The number of benzene rings is 2. The highest BCUT2D eigenvalue weighted by Gasteiger charge is 2.05. The zero-order valence-electron chi connectivity index (χ0n) is 10.7. The molecule has 0 saturated heterocycles. The van der Waals surface area contributed by atoms with E-state index in [-0.39, 0.29) is 5.91 Å². The molecule has 0 saturated carbocycles. The van der Waals surface area contributed by atoms with E-state index in [1.54, 1.807) is 18.2 Å². The molecule has 2 rings (SSSR count). The highest BCUT2D eigenvalue weighted by molar-refractivity contribution is 5.89. The molecule has 3 N–H and O–H groups in total. The van der Waals surface area contributed by atoms with Crippen LogP contribution in [0.4, 0.5) is 11.4 Å². The molecule has 0 heterocycles. The van der Waals surface area contributed by atoms with Crippen molar-refractivity contribution < 1.29 is 9.53 Å². The number of hydrogen-bond acceptors (Lipinski definition) is 3. The maximum atomic E-state index is 11.1. The minimum atomic E-state index is -0.120. The van der Waals surface area contributed by atoms with E-state index in [0.29, 0.717) is 12.3 Å². The molecule has 0 bridgehead atoms. The fourth-order valence-electron chi connectivity index (χ4n) is 1.72. The van der Waals surface area contributed by atoms with Crippen molar-refractivity contribution in [3.05, 3.63) is 54.1 Å². The smallest absolute Gasteiger partial charge is 0.221 e. The second-order valence-electron chi connectivity index (χ2n) is 4.20. The summed E-state index contributed by atoms with van der Waals surface area (Å²) in [6, 6.07) is 14.8. The first-order chi connectivity index (χ1) is 9.15. The van der Waals surface area contributed by atoms with E-state index in [4.69, 9.17) is 10.5 Å². The van der Waals surface area contributed by atoms with Gasteiger partial charge in [-0.15, -0.1) is 0 Å². The Kier molecular flexibility index (Phi) is 4.03. The number of carbonyl (C=O) groups is 1. The fraction of sp³-hybridized carbons (Fsp3) is 0.133. The van der Waals surface area contributed by atoms with Gasteiger partial charge >= 0.3 is 0 Å². The van der Waals surface area contributed by atoms with Gasteiger partial charge in [-0.2, -0.15) is 0 Å². The van der Waals surface area contributed by atoms with Crippen LogP contribution in [0.5, 0.6) is 5.75 Å². The Labute approximate surface area is 112 Å². The van der Waals surface area contributed by atoms with E-state index in [1.807, 2.05) is 30.3 Å². The predicted octanol–water partition coefficient (Wildman–Crippen LogP) is 2.81. The Morgan fingerprint density at radius 2 is 1.95 bits per heavy atom. The van der Waals surface area contributed by atoms with Gasteiger partial charge in [0, 0.05) is 23.9 Å². The van der Waals surface area contributed by atoms with Crippen LogP contribution < -0.4 is 15.8 Å². The quantitative estimate of drug-likeness (QED) is 0.827. The normalized spacial score (nSPS) is 9.95. The third-order valence-corrected chi connectivity index (χ3v) is 2.58. The van der Waals surface area contributed by atoms with Gasteiger partial charge in [-0.3, -0.25) is 4.79 Å². The van der Waals surface area contributed by atoms with Gasteiger partial charge < -0.3 is 15.8 Å². The molecule has 0 aromatic heterocycles. The molecular formula is C15H16N2O2. The first-order valence-corrected chi connectivity index (χ1v) is 5.99. The van der Waals surface area contributed by atoms with Gasteiger partial charge in [-0.25, -0.2) is 0 Å². The van der Waals surface area contributed by atoms with Gasteiger partial charge in [0.2, 0.25) is 5.91 Å². The molecule has 1 amide bonds. The molecule has 0 spiro atoms. The van der Waals surface area contributed by atoms with Crippen molar-refractivity contribution in [2.45, 2.75) is 13.5 Å². The van der Waals surface area contributed by atoms with Gasteiger partial charge in [0.25, 0.3) is 0 Å². The Hall–Kier alpha value is -2.49. The molecule has 0 radical (unpaired) electrons. The maximum Gasteiger partial charge on any atom is 0.221 e. The van der Waals surface area contributed by atoms with Crippen molar-refractivity contribution in [1.82, 2.24) is 0 Å². The van der Waals surface area contributed by atoms with Crippen LogP contribution in [0.15, 0.2) is 48.5 Å². The fourth-order valence-corrected chi connectivity index (χ4v) is 1.72. The minimum Gasteiger partial charge on any atom is -0.489 e. The van der Waals surface area contributed by atoms with Gasteiger partial charge in [0.1, 0.15) is 12.4 Å². The molecule has 19 heavy (non-hydrogen) atoms. The zero-order valence-corrected chi connectivity index (χ0v) is 10.7. The number of anilines is 2. The molecule has 2 aromatic carbocycles. The average molecular weight is 256 g/mol. The van der Waals surface area contributed by atoms with Gasteiger partial charge in [-0.05, 0) is 30.3 Å². The number of carbonyl (C=O) groups excluding carboxylic acids is 1. The van der Waals surface area contributed by atoms with Gasteiger partial charge in [-0.1, -0.05) is 18.2 Å². The zero-order chi connectivity index (χ0) is 13.7. The second-order valence-corrected chi connectivity index (χ2v) is 4.20. The SMILES string of the molecule is CC(=O)Nc1ccc(N)cc1COc1ccccc1. The van der Waals surface area contributed by atoms with Crippen molar-refractivity contribution in [2.75, 3.05) is 11.1 Å². The Balaban J connectivity index is 2.14. The Morgan fingerprint density at radius 3 is 2.63 bits per heavy atom. The number of nitrogens with two attached hydrogens (primary N) is 1. The number of hydrogen-bond donors (Lipinski definition) is 2. The molecule has 0 atom stereocenters. The third kappa shape index (κ3) is 3.74. The lowest BCUT2D eigenvalue weighted by Crippen LogP contribution is -2.09. The van der Waals surface area contributed by atoms with E-state index in [1.165, 1.54) is 6.92 Å². The first kappa shape index (κ1) is 13.0. The van der Waals surface area contributed by atoms with E-state index in [9.17, 15) is 4.79 Å². The summed E-state index contributed by atoms with van der Waals surface area (Å²) in [5.74, 6) is 0.657. The highest BCUT2D eigenvalue weighted by atomic mass is 16.5. The Bertz CT molecular complexity index is 568. The summed E-state index contributed by atoms with van der Waals surface area (Å²) < 4.78 is 5.66. The molecule has 0 aliphatic carbocycles. The lowest BCUT2D eigenvalue weighted by atomic mass is 10.1. The molecule has 0 unspecified atom stereocenters. The second kappa shape index (κ2) is 5.91. The van der Waals surface area contributed by atoms with Crippen LogP contribution in [0.2, 0.25) is 0 Å². The van der Waals surface area contributed by atoms with Crippen LogP contribution in [-0.4, -0.2) is 5.91 Å². The lowest BCUT2D eigenvalue weighted by Gasteiger charge is -2.12. The topological polar surface area (TPSA) is 64.4 Å². The van der Waals surface area contributed by atoms with Crippen LogP contribution >= 0.6 is 0 Å². The van der Waals surface area contributed by atoms with Crippen LogP contribution in [0.1, 0.15) is 12.5 Å². The van der Waals surface area contributed by atoms with Crippen molar-refractivity contribution >= 4 is 17.3 Å². The maximum absolute atomic E-state index is 11.1. The number of rotatable bonds is 4. The van der Waals surface area contributed by atoms with E-state index < -0.39 is 0 Å². The Morgan fingerprint density at radius 1 is 1.21 bits per heavy atom. The number of ether oxygens (including phenoxy) is 1. The number of nitrogen functional groups attached to an aromatic ring is 1. The molecular weight excluding hydrogens is 240 g/mol. The molecule has 4 nitrogen and oxygen atoms in total. The summed E-state index contributed by atoms with van der Waals surface area (Å²) >= 11 is 0. The summed E-state index contributed by atoms with van der Waals surface area (Å²) in [7, 11) is 0. The molecule has 2 aromatic rings. The lowest BCUT2D eigenvalue weighted by molar-refractivity contribution is -0.114. The minimum absolute atomic E-state index is 0.120. The first-order valence-electron chi connectivity index (χ1n) is 5.99. The van der Waals surface area contributed by atoms with Crippen molar-refractivity contribution in [3.63, 3.8) is 0 Å². The van der Waals surface area contributed by atoms with Crippen LogP contribution in [0.3, 0.4) is 0 Å². The molecule has 4 heteroatoms. The monoisotopic (exact) mass is 256 g/mol. The number of para-hydroxylation sites is 1. The molecule has 98 valence electrons. The van der Waals surface area contributed by atoms with E-state index >= 15 is 0 Å². The van der Waals surface area contributed by atoms with E-state index in [2.05, 4.69) is 5.32 Å². The summed E-state index contributed by atoms with van der Waals surface area (Å²) in [6.07, 6.45) is 0. The van der Waals surface area contributed by atoms with Crippen molar-refractivity contribution in [2.24, 2.45) is 0 Å². The molecule has 0 aliphatic rings. The van der Waals surface area contributed by atoms with Gasteiger partial charge in [0.15, 0.2) is 0 Å². The largest absolute Gasteiger partial charge is 0.489 e. The summed E-state index contributed by atoms with van der Waals surface area (Å²) in [5, 5.41) is 2.76. The summed E-state index contributed by atoms with van der Waals surface area (Å²) in [4.78, 5) is 11.1. The van der Waals surface area contributed by atoms with Gasteiger partial charge in [0.05, 0.1) is 0 Å². The van der Waals surface area contributed by atoms with Crippen LogP contribution in [0.25, 0.3) is 0 Å². The highest BCUT2D eigenvalue weighted by Crippen LogP contribution is 2.21. The average Bonchev–Trinajstić information content (AvgIpc) is 2.40. The summed E-state index contributed by atoms with van der Waals surface area (Å²) in [6.45, 7) is 1.82. The number of amides is 1. The van der Waals surface area contributed by atoms with E-state index in [0.717, 1.165) is 17.0 Å². The predicted molar refractivity (Wildman–Crippen MR) is 75.9 cm³/mol. The van der Waals surface area contributed by atoms with Crippen molar-refractivity contribution in [1.29, 1.82) is 0 Å².